The number of hydrogen-bond acceptors (Lipinski definition) is 6. The smallest absolute Gasteiger partial charge is 0.307 e. The average Bonchev–Trinajstić information content (AvgIpc) is 2.96. The highest BCUT2D eigenvalue weighted by molar-refractivity contribution is 5.92. The molecule has 9 nitrogen and oxygen atoms in total. The van der Waals surface area contributed by atoms with Crippen LogP contribution in [0.25, 0.3) is 0 Å². The number of aromatic nitrogens is 2. The van der Waals surface area contributed by atoms with Crippen LogP contribution in [-0.2, 0) is 6.54 Å². The van der Waals surface area contributed by atoms with Gasteiger partial charge in [0.1, 0.15) is 18.2 Å². The molecular formula is C10H11N5O4. The lowest BCUT2D eigenvalue weighted by molar-refractivity contribution is -0.385. The lowest BCUT2D eigenvalue weighted by Crippen LogP contribution is -2.30. The standard InChI is InChI=1S/C10H11N5O4/c1-6-2-8(19-9(6)10(16)13-11)5-14-4-7(3-12-14)15(17)18/h2-4H,5,11H2,1H3,(H,13,16). The Bertz CT molecular complexity index is 630. The SMILES string of the molecule is Cc1cc(Cn2cc([N+](=O)[O-])cn2)oc1C(=O)NN. The van der Waals surface area contributed by atoms with Crippen LogP contribution >= 0.6 is 0 Å². The molecule has 2 rings (SSSR count). The average molecular weight is 265 g/mol. The van der Waals surface area contributed by atoms with Gasteiger partial charge in [-0.2, -0.15) is 5.10 Å². The van der Waals surface area contributed by atoms with E-state index in [0.717, 1.165) is 6.20 Å². The number of carbonyl (C=O) groups excluding carboxylic acids is 1. The van der Waals surface area contributed by atoms with Crippen molar-refractivity contribution in [2.24, 2.45) is 5.84 Å². The van der Waals surface area contributed by atoms with Crippen molar-refractivity contribution in [3.63, 3.8) is 0 Å². The van der Waals surface area contributed by atoms with Crippen LogP contribution in [0.3, 0.4) is 0 Å². The molecule has 0 fully saturated rings. The molecule has 2 heterocycles. The number of hydrogen-bond donors (Lipinski definition) is 2. The monoisotopic (exact) mass is 265 g/mol. The van der Waals surface area contributed by atoms with Crippen molar-refractivity contribution in [1.29, 1.82) is 0 Å². The van der Waals surface area contributed by atoms with Crippen molar-refractivity contribution in [2.75, 3.05) is 0 Å². The molecule has 3 N–H and O–H groups in total. The van der Waals surface area contributed by atoms with Gasteiger partial charge in [0.15, 0.2) is 5.76 Å². The summed E-state index contributed by atoms with van der Waals surface area (Å²) in [4.78, 5) is 21.3. The fourth-order valence-corrected chi connectivity index (χ4v) is 1.61. The Hall–Kier alpha value is -2.68. The highest BCUT2D eigenvalue weighted by atomic mass is 16.6. The minimum atomic E-state index is -0.538. The van der Waals surface area contributed by atoms with E-state index in [1.54, 1.807) is 13.0 Å². The van der Waals surface area contributed by atoms with Crippen molar-refractivity contribution in [3.8, 4) is 0 Å². The van der Waals surface area contributed by atoms with Crippen molar-refractivity contribution in [3.05, 3.63) is 45.7 Å². The lowest BCUT2D eigenvalue weighted by Gasteiger charge is -1.97. The number of nitrogens with two attached hydrogens (primary N) is 1. The molecule has 0 atom stereocenters. The zero-order valence-corrected chi connectivity index (χ0v) is 9.99. The number of furan rings is 1. The van der Waals surface area contributed by atoms with Crippen molar-refractivity contribution in [2.45, 2.75) is 13.5 Å². The second kappa shape index (κ2) is 4.90. The third-order valence-corrected chi connectivity index (χ3v) is 2.45. The molecule has 2 aromatic rings. The fraction of sp³-hybridized carbons (Fsp3) is 0.200. The molecule has 9 heteroatoms. The van der Waals surface area contributed by atoms with E-state index in [9.17, 15) is 14.9 Å². The predicted octanol–water partition coefficient (Wildman–Crippen LogP) is 0.345. The quantitative estimate of drug-likeness (QED) is 0.355. The van der Waals surface area contributed by atoms with Crippen LogP contribution in [0, 0.1) is 17.0 Å². The molecule has 2 aromatic heterocycles. The lowest BCUT2D eigenvalue weighted by atomic mass is 10.2. The van der Waals surface area contributed by atoms with E-state index in [0.29, 0.717) is 11.3 Å². The number of nitrogen functional groups attached to an aromatic ring is 1. The van der Waals surface area contributed by atoms with E-state index in [1.807, 2.05) is 5.43 Å². The van der Waals surface area contributed by atoms with Crippen LogP contribution in [0.5, 0.6) is 0 Å². The second-order valence-electron chi connectivity index (χ2n) is 3.85. The van der Waals surface area contributed by atoms with E-state index in [4.69, 9.17) is 10.3 Å². The Morgan fingerprint density at radius 3 is 3.00 bits per heavy atom. The minimum absolute atomic E-state index is 0.108. The van der Waals surface area contributed by atoms with Gasteiger partial charge >= 0.3 is 11.6 Å². The van der Waals surface area contributed by atoms with Gasteiger partial charge in [-0.3, -0.25) is 25.0 Å². The number of nitro groups is 1. The van der Waals surface area contributed by atoms with Gasteiger partial charge < -0.3 is 4.42 Å². The molecule has 0 unspecified atom stereocenters. The first-order valence-electron chi connectivity index (χ1n) is 5.28. The Morgan fingerprint density at radius 2 is 2.42 bits per heavy atom. The van der Waals surface area contributed by atoms with Gasteiger partial charge in [-0.05, 0) is 13.0 Å². The number of hydrazine groups is 1. The van der Waals surface area contributed by atoms with Crippen LogP contribution in [0.15, 0.2) is 22.9 Å². The van der Waals surface area contributed by atoms with Crippen molar-refractivity contribution >= 4 is 11.6 Å². The first kappa shape index (κ1) is 12.8. The maximum Gasteiger partial charge on any atom is 0.307 e. The van der Waals surface area contributed by atoms with Crippen LogP contribution < -0.4 is 11.3 Å². The number of aryl methyl sites for hydroxylation is 1. The van der Waals surface area contributed by atoms with Crippen molar-refractivity contribution in [1.82, 2.24) is 15.2 Å². The minimum Gasteiger partial charge on any atom is -0.454 e. The van der Waals surface area contributed by atoms with E-state index in [2.05, 4.69) is 5.10 Å². The number of nitrogens with one attached hydrogen (secondary N) is 1. The molecule has 0 aromatic carbocycles. The summed E-state index contributed by atoms with van der Waals surface area (Å²) in [5, 5.41) is 14.3. The molecule has 0 spiro atoms. The summed E-state index contributed by atoms with van der Waals surface area (Å²) in [6.45, 7) is 1.88. The predicted molar refractivity (Wildman–Crippen MR) is 63.1 cm³/mol. The zero-order valence-electron chi connectivity index (χ0n) is 9.99. The van der Waals surface area contributed by atoms with E-state index in [-0.39, 0.29) is 18.0 Å². The van der Waals surface area contributed by atoms with Gasteiger partial charge in [0.25, 0.3) is 0 Å². The normalized spacial score (nSPS) is 10.4. The van der Waals surface area contributed by atoms with Crippen LogP contribution in [-0.4, -0.2) is 20.6 Å². The summed E-state index contributed by atoms with van der Waals surface area (Å²) < 4.78 is 6.67. The third kappa shape index (κ3) is 2.60. The molecule has 100 valence electrons. The Labute approximate surface area is 107 Å². The molecule has 0 aliphatic rings. The molecule has 1 amide bonds. The summed E-state index contributed by atoms with van der Waals surface area (Å²) >= 11 is 0. The zero-order chi connectivity index (χ0) is 14.0. The summed E-state index contributed by atoms with van der Waals surface area (Å²) in [6.07, 6.45) is 2.42. The fourth-order valence-electron chi connectivity index (χ4n) is 1.61. The summed E-state index contributed by atoms with van der Waals surface area (Å²) in [6, 6.07) is 1.65. The third-order valence-electron chi connectivity index (χ3n) is 2.45. The molecule has 0 aliphatic carbocycles. The van der Waals surface area contributed by atoms with Gasteiger partial charge in [0, 0.05) is 5.56 Å². The highest BCUT2D eigenvalue weighted by Crippen LogP contribution is 2.16. The largest absolute Gasteiger partial charge is 0.454 e. The highest BCUT2D eigenvalue weighted by Gasteiger charge is 2.16. The van der Waals surface area contributed by atoms with Crippen LogP contribution in [0.2, 0.25) is 0 Å². The van der Waals surface area contributed by atoms with Gasteiger partial charge in [-0.1, -0.05) is 0 Å². The molecule has 0 radical (unpaired) electrons. The number of nitrogens with zero attached hydrogens (tertiary/aromatic N) is 3. The van der Waals surface area contributed by atoms with Gasteiger partial charge in [-0.15, -0.1) is 0 Å². The van der Waals surface area contributed by atoms with Crippen LogP contribution in [0.4, 0.5) is 5.69 Å². The summed E-state index contributed by atoms with van der Waals surface area (Å²) in [5.74, 6) is 5.05. The Morgan fingerprint density at radius 1 is 1.68 bits per heavy atom. The molecular weight excluding hydrogens is 254 g/mol. The van der Waals surface area contributed by atoms with Crippen molar-refractivity contribution < 1.29 is 14.1 Å². The molecule has 19 heavy (non-hydrogen) atoms. The second-order valence-corrected chi connectivity index (χ2v) is 3.85. The summed E-state index contributed by atoms with van der Waals surface area (Å²) in [5.41, 5.74) is 2.49. The topological polar surface area (TPSA) is 129 Å². The maximum absolute atomic E-state index is 11.4. The molecule has 0 aliphatic heterocycles. The molecule has 0 saturated heterocycles. The van der Waals surface area contributed by atoms with Gasteiger partial charge in [-0.25, -0.2) is 5.84 Å². The summed E-state index contributed by atoms with van der Waals surface area (Å²) in [7, 11) is 0. The van der Waals surface area contributed by atoms with Gasteiger partial charge in [0.2, 0.25) is 0 Å². The number of amides is 1. The van der Waals surface area contributed by atoms with E-state index < -0.39 is 10.8 Å². The Kier molecular flexibility index (Phi) is 3.29. The van der Waals surface area contributed by atoms with E-state index >= 15 is 0 Å². The number of carbonyl (C=O) groups is 1. The Balaban J connectivity index is 2.19. The first-order valence-corrected chi connectivity index (χ1v) is 5.28. The maximum atomic E-state index is 11.4. The number of rotatable bonds is 4. The van der Waals surface area contributed by atoms with Gasteiger partial charge in [0.05, 0.1) is 11.5 Å². The molecule has 0 bridgehead atoms. The van der Waals surface area contributed by atoms with E-state index in [1.165, 1.54) is 10.9 Å². The van der Waals surface area contributed by atoms with Crippen LogP contribution in [0.1, 0.15) is 21.9 Å². The molecule has 0 saturated carbocycles. The first-order chi connectivity index (χ1) is 9.01.